The van der Waals surface area contributed by atoms with Crippen LogP contribution in [0.1, 0.15) is 16.1 Å². The van der Waals surface area contributed by atoms with E-state index in [1.165, 1.54) is 0 Å². The van der Waals surface area contributed by atoms with Crippen LogP contribution in [0, 0.1) is 6.92 Å². The van der Waals surface area contributed by atoms with Crippen LogP contribution in [0.5, 0.6) is 0 Å². The molecule has 0 atom stereocenters. The smallest absolute Gasteiger partial charge is 0.339 e. The van der Waals surface area contributed by atoms with Crippen molar-refractivity contribution in [3.63, 3.8) is 0 Å². The molecule has 0 radical (unpaired) electrons. The molecule has 162 valence electrons. The molecule has 2 aromatic heterocycles. The molecule has 2 aromatic carbocycles. The monoisotopic (exact) mass is 468 g/mol. The molecule has 4 aromatic rings. The highest BCUT2D eigenvalue weighted by atomic mass is 35.5. The Morgan fingerprint density at radius 1 is 1.09 bits per heavy atom. The zero-order valence-corrected chi connectivity index (χ0v) is 18.7. The lowest BCUT2D eigenvalue weighted by molar-refractivity contribution is -0.119. The first-order valence-corrected chi connectivity index (χ1v) is 10.4. The number of hydrogen-bond acceptors (Lipinski definition) is 5. The van der Waals surface area contributed by atoms with E-state index in [2.05, 4.69) is 15.4 Å². The van der Waals surface area contributed by atoms with E-state index in [1.54, 1.807) is 42.9 Å². The maximum absolute atomic E-state index is 13.0. The molecule has 0 aliphatic heterocycles. The molecular weight excluding hydrogens is 451 g/mol. The quantitative estimate of drug-likeness (QED) is 0.414. The largest absolute Gasteiger partial charge is 0.452 e. The van der Waals surface area contributed by atoms with Gasteiger partial charge in [0.2, 0.25) is 0 Å². The molecule has 0 unspecified atom stereocenters. The highest BCUT2D eigenvalue weighted by Gasteiger charge is 2.21. The summed E-state index contributed by atoms with van der Waals surface area (Å²) in [5.41, 5.74) is 3.25. The highest BCUT2D eigenvalue weighted by Crippen LogP contribution is 2.30. The predicted molar refractivity (Wildman–Crippen MR) is 124 cm³/mol. The Morgan fingerprint density at radius 3 is 2.59 bits per heavy atom. The first-order chi connectivity index (χ1) is 15.3. The van der Waals surface area contributed by atoms with Gasteiger partial charge in [-0.2, -0.15) is 5.10 Å². The van der Waals surface area contributed by atoms with Gasteiger partial charge in [0.15, 0.2) is 12.3 Å². The normalized spacial score (nSPS) is 10.9. The Hall–Kier alpha value is -3.42. The number of hydrogen-bond donors (Lipinski definition) is 1. The fourth-order valence-corrected chi connectivity index (χ4v) is 3.71. The second kappa shape index (κ2) is 8.98. The Kier molecular flexibility index (Phi) is 6.12. The number of ether oxygens (including phenoxy) is 1. The van der Waals surface area contributed by atoms with Crippen LogP contribution >= 0.6 is 23.2 Å². The second-order valence-electron chi connectivity index (χ2n) is 7.05. The third-order valence-corrected chi connectivity index (χ3v) is 5.64. The number of rotatable bonds is 5. The molecule has 9 heteroatoms. The van der Waals surface area contributed by atoms with Gasteiger partial charge < -0.3 is 10.1 Å². The van der Waals surface area contributed by atoms with Crippen molar-refractivity contribution in [2.75, 3.05) is 11.9 Å². The molecule has 0 saturated heterocycles. The van der Waals surface area contributed by atoms with Crippen LogP contribution in [0.2, 0.25) is 10.0 Å². The summed E-state index contributed by atoms with van der Waals surface area (Å²) in [5.74, 6) is -1.20. The van der Waals surface area contributed by atoms with Crippen molar-refractivity contribution in [3.05, 3.63) is 75.9 Å². The SMILES string of the molecule is Cc1nn(C)c2nc(-c3ccccc3)cc(C(=O)OCC(=O)Nc3cccc(Cl)c3Cl)c12. The van der Waals surface area contributed by atoms with Crippen LogP contribution in [-0.2, 0) is 16.6 Å². The zero-order chi connectivity index (χ0) is 22.8. The topological polar surface area (TPSA) is 86.1 Å². The number of benzene rings is 2. The van der Waals surface area contributed by atoms with Crippen LogP contribution in [-0.4, -0.2) is 33.2 Å². The van der Waals surface area contributed by atoms with Gasteiger partial charge in [0.05, 0.1) is 38.1 Å². The van der Waals surface area contributed by atoms with Crippen molar-refractivity contribution in [3.8, 4) is 11.3 Å². The van der Waals surface area contributed by atoms with E-state index in [-0.39, 0.29) is 10.6 Å². The van der Waals surface area contributed by atoms with Gasteiger partial charge >= 0.3 is 5.97 Å². The van der Waals surface area contributed by atoms with E-state index < -0.39 is 18.5 Å². The van der Waals surface area contributed by atoms with E-state index in [4.69, 9.17) is 27.9 Å². The van der Waals surface area contributed by atoms with Crippen molar-refractivity contribution in [1.82, 2.24) is 14.8 Å². The number of nitrogens with one attached hydrogen (secondary N) is 1. The van der Waals surface area contributed by atoms with Gasteiger partial charge in [0.1, 0.15) is 0 Å². The summed E-state index contributed by atoms with van der Waals surface area (Å²) < 4.78 is 6.92. The Morgan fingerprint density at radius 2 is 1.84 bits per heavy atom. The molecule has 0 aliphatic carbocycles. The highest BCUT2D eigenvalue weighted by molar-refractivity contribution is 6.44. The summed E-state index contributed by atoms with van der Waals surface area (Å²) in [6, 6.07) is 16.0. The minimum absolute atomic E-state index is 0.211. The predicted octanol–water partition coefficient (Wildman–Crippen LogP) is 5.05. The lowest BCUT2D eigenvalue weighted by atomic mass is 10.1. The van der Waals surface area contributed by atoms with Crippen LogP contribution in [0.25, 0.3) is 22.3 Å². The molecule has 0 bridgehead atoms. The third-order valence-electron chi connectivity index (χ3n) is 4.82. The van der Waals surface area contributed by atoms with Crippen LogP contribution in [0.4, 0.5) is 5.69 Å². The number of pyridine rings is 1. The van der Waals surface area contributed by atoms with Crippen LogP contribution < -0.4 is 5.32 Å². The number of fused-ring (bicyclic) bond motifs is 1. The molecule has 2 heterocycles. The molecule has 0 aliphatic rings. The maximum atomic E-state index is 13.0. The summed E-state index contributed by atoms with van der Waals surface area (Å²) in [5, 5.41) is 8.06. The van der Waals surface area contributed by atoms with Gasteiger partial charge in [-0.05, 0) is 25.1 Å². The van der Waals surface area contributed by atoms with Gasteiger partial charge in [0.25, 0.3) is 5.91 Å². The molecule has 0 fully saturated rings. The van der Waals surface area contributed by atoms with E-state index in [0.29, 0.717) is 33.1 Å². The molecule has 32 heavy (non-hydrogen) atoms. The molecule has 0 spiro atoms. The van der Waals surface area contributed by atoms with Crippen LogP contribution in [0.3, 0.4) is 0 Å². The maximum Gasteiger partial charge on any atom is 0.339 e. The number of halogens is 2. The van der Waals surface area contributed by atoms with Crippen LogP contribution in [0.15, 0.2) is 54.6 Å². The van der Waals surface area contributed by atoms with E-state index in [0.717, 1.165) is 5.56 Å². The average molecular weight is 469 g/mol. The average Bonchev–Trinajstić information content (AvgIpc) is 3.08. The van der Waals surface area contributed by atoms with E-state index in [9.17, 15) is 9.59 Å². The van der Waals surface area contributed by atoms with Gasteiger partial charge in [-0.1, -0.05) is 59.6 Å². The molecular formula is C23H18Cl2N4O3. The fourth-order valence-electron chi connectivity index (χ4n) is 3.36. The summed E-state index contributed by atoms with van der Waals surface area (Å²) in [4.78, 5) is 29.9. The molecule has 1 amide bonds. The van der Waals surface area contributed by atoms with Gasteiger partial charge in [-0.3, -0.25) is 9.48 Å². The minimum atomic E-state index is -0.655. The molecule has 0 saturated carbocycles. The van der Waals surface area contributed by atoms with Crippen molar-refractivity contribution in [1.29, 1.82) is 0 Å². The minimum Gasteiger partial charge on any atom is -0.452 e. The number of anilines is 1. The Bertz CT molecular complexity index is 1340. The number of amides is 1. The number of aryl methyl sites for hydroxylation is 2. The lowest BCUT2D eigenvalue weighted by Gasteiger charge is -2.10. The van der Waals surface area contributed by atoms with Gasteiger partial charge in [-0.15, -0.1) is 0 Å². The Labute approximate surface area is 193 Å². The lowest BCUT2D eigenvalue weighted by Crippen LogP contribution is -2.21. The molecule has 4 rings (SSSR count). The first kappa shape index (κ1) is 21.8. The first-order valence-electron chi connectivity index (χ1n) is 9.66. The summed E-state index contributed by atoms with van der Waals surface area (Å²) >= 11 is 12.0. The summed E-state index contributed by atoms with van der Waals surface area (Å²) in [6.45, 7) is 1.29. The Balaban J connectivity index is 1.60. The number of nitrogens with zero attached hydrogens (tertiary/aromatic N) is 3. The van der Waals surface area contributed by atoms with Crippen molar-refractivity contribution >= 4 is 51.8 Å². The number of esters is 1. The zero-order valence-electron chi connectivity index (χ0n) is 17.2. The van der Waals surface area contributed by atoms with Crippen molar-refractivity contribution in [2.45, 2.75) is 6.92 Å². The van der Waals surface area contributed by atoms with E-state index in [1.807, 2.05) is 30.3 Å². The number of aromatic nitrogens is 3. The van der Waals surface area contributed by atoms with Gasteiger partial charge in [0, 0.05) is 12.6 Å². The van der Waals surface area contributed by atoms with E-state index >= 15 is 0 Å². The second-order valence-corrected chi connectivity index (χ2v) is 7.84. The van der Waals surface area contributed by atoms with Crippen molar-refractivity contribution in [2.24, 2.45) is 7.05 Å². The third kappa shape index (κ3) is 4.30. The standard InChI is InChI=1S/C23H18Cl2N4O3/c1-13-20-15(11-18(14-7-4-3-5-8-14)27-22(20)29(2)28-13)23(31)32-12-19(30)26-17-10-6-9-16(24)21(17)25/h3-11H,12H2,1-2H3,(H,26,30). The fraction of sp³-hybridized carbons (Fsp3) is 0.130. The van der Waals surface area contributed by atoms with Crippen molar-refractivity contribution < 1.29 is 14.3 Å². The summed E-state index contributed by atoms with van der Waals surface area (Å²) in [6.07, 6.45) is 0. The molecule has 1 N–H and O–H groups in total. The number of carbonyl (C=O) groups excluding carboxylic acids is 2. The van der Waals surface area contributed by atoms with Gasteiger partial charge in [-0.25, -0.2) is 9.78 Å². The summed E-state index contributed by atoms with van der Waals surface area (Å²) in [7, 11) is 1.76. The number of carbonyl (C=O) groups is 2. The molecule has 7 nitrogen and oxygen atoms in total.